The summed E-state index contributed by atoms with van der Waals surface area (Å²) in [4.78, 5) is 20.3. The van der Waals surface area contributed by atoms with Gasteiger partial charge in [0.05, 0.1) is 28.6 Å². The fourth-order valence-electron chi connectivity index (χ4n) is 3.98. The van der Waals surface area contributed by atoms with Crippen molar-refractivity contribution in [3.8, 4) is 0 Å². The van der Waals surface area contributed by atoms with Gasteiger partial charge in [0, 0.05) is 31.9 Å². The molecular weight excluding hydrogens is 360 g/mol. The molecule has 1 saturated heterocycles. The Bertz CT molecular complexity index is 960. The van der Waals surface area contributed by atoms with Crippen LogP contribution in [0.3, 0.4) is 0 Å². The lowest BCUT2D eigenvalue weighted by molar-refractivity contribution is 0.0636. The van der Waals surface area contributed by atoms with Crippen molar-refractivity contribution >= 4 is 34.0 Å². The van der Waals surface area contributed by atoms with Crippen LogP contribution >= 0.6 is 11.3 Å². The molecule has 1 atom stereocenters. The van der Waals surface area contributed by atoms with E-state index >= 15 is 0 Å². The first kappa shape index (κ1) is 16.9. The van der Waals surface area contributed by atoms with Crippen LogP contribution in [0, 0.1) is 0 Å². The molecule has 1 fully saturated rings. The number of carbonyl (C=O) groups excluding carboxylic acids is 1. The molecule has 0 aliphatic carbocycles. The van der Waals surface area contributed by atoms with Crippen molar-refractivity contribution < 1.29 is 9.53 Å². The van der Waals surface area contributed by atoms with Gasteiger partial charge in [-0.25, -0.2) is 4.98 Å². The van der Waals surface area contributed by atoms with Crippen molar-refractivity contribution in [2.75, 3.05) is 25.0 Å². The molecular formula is C20H22N4O2S. The average Bonchev–Trinajstić information content (AvgIpc) is 3.42. The van der Waals surface area contributed by atoms with Crippen LogP contribution in [0.1, 0.15) is 28.3 Å². The molecule has 2 aliphatic heterocycles. The van der Waals surface area contributed by atoms with Gasteiger partial charge in [0.2, 0.25) is 0 Å². The SMILES string of the molecule is O=C(Nc1ccc2c(c1)nc1n2CCN(C[C@H]2CCCO2)C1)c1cccs1. The molecule has 0 bridgehead atoms. The number of nitrogens with one attached hydrogen (secondary N) is 1. The summed E-state index contributed by atoms with van der Waals surface area (Å²) in [5.74, 6) is 1.02. The minimum absolute atomic E-state index is 0.0731. The second kappa shape index (κ2) is 7.07. The quantitative estimate of drug-likeness (QED) is 0.752. The van der Waals surface area contributed by atoms with Gasteiger partial charge < -0.3 is 14.6 Å². The van der Waals surface area contributed by atoms with E-state index in [4.69, 9.17) is 9.72 Å². The van der Waals surface area contributed by atoms with Crippen LogP contribution in [0.4, 0.5) is 5.69 Å². The first-order valence-electron chi connectivity index (χ1n) is 9.44. The zero-order valence-corrected chi connectivity index (χ0v) is 15.9. The predicted octanol–water partition coefficient (Wildman–Crippen LogP) is 3.34. The molecule has 1 amide bonds. The van der Waals surface area contributed by atoms with Gasteiger partial charge in [-0.3, -0.25) is 9.69 Å². The van der Waals surface area contributed by atoms with Gasteiger partial charge in [-0.15, -0.1) is 11.3 Å². The van der Waals surface area contributed by atoms with Crippen LogP contribution in [-0.2, 0) is 17.8 Å². The van der Waals surface area contributed by atoms with Gasteiger partial charge in [-0.05, 0) is 42.5 Å². The molecule has 1 aromatic carbocycles. The molecule has 1 N–H and O–H groups in total. The fraction of sp³-hybridized carbons (Fsp3) is 0.400. The minimum Gasteiger partial charge on any atom is -0.377 e. The molecule has 0 saturated carbocycles. The van der Waals surface area contributed by atoms with E-state index in [1.807, 2.05) is 29.6 Å². The summed E-state index contributed by atoms with van der Waals surface area (Å²) in [5.41, 5.74) is 2.86. The number of fused-ring (bicyclic) bond motifs is 3. The number of carbonyl (C=O) groups is 1. The Hall–Kier alpha value is -2.22. The van der Waals surface area contributed by atoms with Crippen molar-refractivity contribution in [3.05, 3.63) is 46.4 Å². The lowest BCUT2D eigenvalue weighted by atomic mass is 10.2. The van der Waals surface area contributed by atoms with Crippen molar-refractivity contribution in [2.45, 2.75) is 32.0 Å². The number of thiophene rings is 1. The van der Waals surface area contributed by atoms with Gasteiger partial charge in [-0.2, -0.15) is 0 Å². The zero-order valence-electron chi connectivity index (χ0n) is 15.1. The molecule has 140 valence electrons. The number of benzene rings is 1. The van der Waals surface area contributed by atoms with Crippen molar-refractivity contribution in [2.24, 2.45) is 0 Å². The first-order valence-corrected chi connectivity index (χ1v) is 10.3. The second-order valence-corrected chi connectivity index (χ2v) is 8.13. The van der Waals surface area contributed by atoms with Gasteiger partial charge >= 0.3 is 0 Å². The van der Waals surface area contributed by atoms with Crippen LogP contribution in [0.5, 0.6) is 0 Å². The topological polar surface area (TPSA) is 59.4 Å². The van der Waals surface area contributed by atoms with E-state index in [-0.39, 0.29) is 5.91 Å². The van der Waals surface area contributed by atoms with Crippen LogP contribution in [0.15, 0.2) is 35.7 Å². The molecule has 7 heteroatoms. The zero-order chi connectivity index (χ0) is 18.2. The molecule has 2 aromatic heterocycles. The summed E-state index contributed by atoms with van der Waals surface area (Å²) < 4.78 is 8.08. The van der Waals surface area contributed by atoms with Gasteiger partial charge in [0.25, 0.3) is 5.91 Å². The van der Waals surface area contributed by atoms with Crippen LogP contribution in [0.25, 0.3) is 11.0 Å². The molecule has 2 aliphatic rings. The molecule has 4 heterocycles. The van der Waals surface area contributed by atoms with Gasteiger partial charge in [0.15, 0.2) is 0 Å². The third kappa shape index (κ3) is 3.38. The molecule has 6 nitrogen and oxygen atoms in total. The number of hydrogen-bond donors (Lipinski definition) is 1. The number of nitrogens with zero attached hydrogens (tertiary/aromatic N) is 3. The number of anilines is 1. The maximum Gasteiger partial charge on any atom is 0.265 e. The monoisotopic (exact) mass is 382 g/mol. The maximum absolute atomic E-state index is 12.3. The van der Waals surface area contributed by atoms with E-state index in [1.54, 1.807) is 0 Å². The number of hydrogen-bond acceptors (Lipinski definition) is 5. The molecule has 0 radical (unpaired) electrons. The largest absolute Gasteiger partial charge is 0.377 e. The van der Waals surface area contributed by atoms with Crippen LogP contribution < -0.4 is 5.32 Å². The maximum atomic E-state index is 12.3. The predicted molar refractivity (Wildman–Crippen MR) is 106 cm³/mol. The van der Waals surface area contributed by atoms with E-state index in [1.165, 1.54) is 24.2 Å². The van der Waals surface area contributed by atoms with Gasteiger partial charge in [0.1, 0.15) is 5.82 Å². The third-order valence-corrected chi connectivity index (χ3v) is 6.19. The molecule has 3 aromatic rings. The normalized spacial score (nSPS) is 20.1. The van der Waals surface area contributed by atoms with E-state index in [2.05, 4.69) is 20.9 Å². The highest BCUT2D eigenvalue weighted by Gasteiger charge is 2.24. The first-order chi connectivity index (χ1) is 13.3. The average molecular weight is 382 g/mol. The summed E-state index contributed by atoms with van der Waals surface area (Å²) in [7, 11) is 0. The number of imidazole rings is 1. The highest BCUT2D eigenvalue weighted by molar-refractivity contribution is 7.12. The lowest BCUT2D eigenvalue weighted by Crippen LogP contribution is -2.38. The summed E-state index contributed by atoms with van der Waals surface area (Å²) in [6.45, 7) is 4.71. The standard InChI is InChI=1S/C20H22N4O2S/c25-20(18-4-2-10-27-18)21-14-5-6-17-16(11-14)22-19-13-23(7-8-24(17)19)12-15-3-1-9-26-15/h2,4-6,10-11,15H,1,3,7-9,12-13H2,(H,21,25)/t15-/m1/s1. The Balaban J connectivity index is 1.34. The Morgan fingerprint density at radius 3 is 3.11 bits per heavy atom. The Morgan fingerprint density at radius 2 is 2.30 bits per heavy atom. The Kier molecular flexibility index (Phi) is 4.43. The molecule has 0 unspecified atom stereocenters. The summed E-state index contributed by atoms with van der Waals surface area (Å²) in [5, 5.41) is 4.88. The van der Waals surface area contributed by atoms with Gasteiger partial charge in [-0.1, -0.05) is 6.07 Å². The van der Waals surface area contributed by atoms with Crippen molar-refractivity contribution in [1.29, 1.82) is 0 Å². The Morgan fingerprint density at radius 1 is 1.33 bits per heavy atom. The van der Waals surface area contributed by atoms with E-state index in [0.29, 0.717) is 11.0 Å². The number of rotatable bonds is 4. The second-order valence-electron chi connectivity index (χ2n) is 7.18. The molecule has 27 heavy (non-hydrogen) atoms. The molecule has 0 spiro atoms. The van der Waals surface area contributed by atoms with E-state index in [9.17, 15) is 4.79 Å². The van der Waals surface area contributed by atoms with Crippen LogP contribution in [0.2, 0.25) is 0 Å². The van der Waals surface area contributed by atoms with E-state index < -0.39 is 0 Å². The van der Waals surface area contributed by atoms with Crippen molar-refractivity contribution in [1.82, 2.24) is 14.5 Å². The highest BCUT2D eigenvalue weighted by Crippen LogP contribution is 2.25. The summed E-state index contributed by atoms with van der Waals surface area (Å²) in [6, 6.07) is 9.70. The third-order valence-electron chi connectivity index (χ3n) is 5.32. The van der Waals surface area contributed by atoms with E-state index in [0.717, 1.165) is 55.3 Å². The lowest BCUT2D eigenvalue weighted by Gasteiger charge is -2.29. The smallest absolute Gasteiger partial charge is 0.265 e. The molecule has 5 rings (SSSR count). The van der Waals surface area contributed by atoms with Crippen molar-refractivity contribution in [3.63, 3.8) is 0 Å². The fourth-order valence-corrected chi connectivity index (χ4v) is 4.60. The number of ether oxygens (including phenoxy) is 1. The summed E-state index contributed by atoms with van der Waals surface area (Å²) >= 11 is 1.44. The van der Waals surface area contributed by atoms with Crippen LogP contribution in [-0.4, -0.2) is 46.2 Å². The summed E-state index contributed by atoms with van der Waals surface area (Å²) in [6.07, 6.45) is 2.72. The number of aromatic nitrogens is 2. The Labute approximate surface area is 161 Å². The minimum atomic E-state index is -0.0731. The highest BCUT2D eigenvalue weighted by atomic mass is 32.1. The number of amides is 1.